The molecule has 1 saturated carbocycles. The van der Waals surface area contributed by atoms with Gasteiger partial charge < -0.3 is 31.3 Å². The number of benzene rings is 3. The highest BCUT2D eigenvalue weighted by Crippen LogP contribution is 2.35. The highest BCUT2D eigenvalue weighted by Gasteiger charge is 2.51. The summed E-state index contributed by atoms with van der Waals surface area (Å²) in [5, 5.41) is 13.4. The van der Waals surface area contributed by atoms with Crippen LogP contribution in [0.1, 0.15) is 41.3 Å². The summed E-state index contributed by atoms with van der Waals surface area (Å²) in [4.78, 5) is 66.7. The minimum absolute atomic E-state index is 0.0184. The van der Waals surface area contributed by atoms with Crippen molar-refractivity contribution in [3.8, 4) is 5.75 Å². The van der Waals surface area contributed by atoms with E-state index in [2.05, 4.69) is 26.6 Å². The van der Waals surface area contributed by atoms with Crippen LogP contribution in [0.2, 0.25) is 5.02 Å². The number of carbonyl (C=O) groups is 5. The van der Waals surface area contributed by atoms with E-state index < -0.39 is 58.7 Å². The maximum absolute atomic E-state index is 14.5. The fraction of sp³-hybridized carbons (Fsp3) is 0.324. The zero-order chi connectivity index (χ0) is 33.6. The molecule has 47 heavy (non-hydrogen) atoms. The second kappa shape index (κ2) is 14.6. The van der Waals surface area contributed by atoms with E-state index in [9.17, 15) is 28.4 Å². The van der Waals surface area contributed by atoms with E-state index in [0.717, 1.165) is 11.6 Å². The lowest BCUT2D eigenvalue weighted by molar-refractivity contribution is -0.134. The zero-order valence-electron chi connectivity index (χ0n) is 25.6. The molecule has 1 spiro atoms. The Balaban J connectivity index is 1.40. The van der Waals surface area contributed by atoms with Crippen molar-refractivity contribution in [2.75, 3.05) is 13.2 Å². The van der Waals surface area contributed by atoms with E-state index in [-0.39, 0.29) is 36.9 Å². The third-order valence-electron chi connectivity index (χ3n) is 8.05. The molecule has 2 aliphatic heterocycles. The van der Waals surface area contributed by atoms with E-state index in [0.29, 0.717) is 24.2 Å². The van der Waals surface area contributed by atoms with Gasteiger partial charge in [-0.3, -0.25) is 24.0 Å². The van der Waals surface area contributed by atoms with Gasteiger partial charge >= 0.3 is 0 Å². The van der Waals surface area contributed by atoms with Crippen molar-refractivity contribution in [1.29, 1.82) is 0 Å². The lowest BCUT2D eigenvalue weighted by Crippen LogP contribution is -2.59. The first-order valence-corrected chi connectivity index (χ1v) is 15.6. The van der Waals surface area contributed by atoms with Crippen molar-refractivity contribution in [2.45, 2.75) is 56.3 Å². The van der Waals surface area contributed by atoms with Crippen molar-refractivity contribution >= 4 is 41.1 Å². The van der Waals surface area contributed by atoms with E-state index >= 15 is 0 Å². The fourth-order valence-electron chi connectivity index (χ4n) is 5.21. The smallest absolute Gasteiger partial charge is 0.256 e. The Morgan fingerprint density at radius 2 is 1.66 bits per heavy atom. The Morgan fingerprint density at radius 1 is 0.936 bits per heavy atom. The Bertz CT molecular complexity index is 1630. The van der Waals surface area contributed by atoms with E-state index in [1.807, 2.05) is 18.2 Å². The van der Waals surface area contributed by atoms with Gasteiger partial charge in [0.05, 0.1) is 17.1 Å². The van der Waals surface area contributed by atoms with Crippen molar-refractivity contribution in [2.24, 2.45) is 0 Å². The molecule has 3 atom stereocenters. The lowest BCUT2D eigenvalue weighted by atomic mass is 10.0. The summed E-state index contributed by atoms with van der Waals surface area (Å²) in [5.74, 6) is -3.54. The van der Waals surface area contributed by atoms with Gasteiger partial charge in [-0.2, -0.15) is 0 Å². The van der Waals surface area contributed by atoms with Gasteiger partial charge in [0.15, 0.2) is 0 Å². The van der Waals surface area contributed by atoms with Gasteiger partial charge in [-0.1, -0.05) is 60.1 Å². The molecular weight excluding hydrogens is 629 g/mol. The summed E-state index contributed by atoms with van der Waals surface area (Å²) < 4.78 is 20.3. The molecule has 246 valence electrons. The monoisotopic (exact) mass is 663 g/mol. The average molecular weight is 664 g/mol. The third kappa shape index (κ3) is 8.44. The van der Waals surface area contributed by atoms with E-state index in [1.54, 1.807) is 36.4 Å². The van der Waals surface area contributed by atoms with Crippen LogP contribution in [0, 0.1) is 5.82 Å². The van der Waals surface area contributed by atoms with E-state index in [4.69, 9.17) is 16.3 Å². The molecule has 3 aromatic carbocycles. The number of nitrogens with one attached hydrogen (secondary N) is 5. The van der Waals surface area contributed by atoms with Crippen LogP contribution in [0.15, 0.2) is 72.8 Å². The van der Waals surface area contributed by atoms with Crippen LogP contribution in [0.4, 0.5) is 4.39 Å². The number of hydrogen-bond acceptors (Lipinski definition) is 6. The van der Waals surface area contributed by atoms with Crippen LogP contribution in [-0.4, -0.2) is 66.4 Å². The van der Waals surface area contributed by atoms with Gasteiger partial charge in [0.2, 0.25) is 23.6 Å². The second-order valence-electron chi connectivity index (χ2n) is 11.6. The van der Waals surface area contributed by atoms with Crippen molar-refractivity contribution in [1.82, 2.24) is 26.6 Å². The number of rotatable bonds is 4. The molecule has 5 N–H and O–H groups in total. The molecule has 0 radical (unpaired) electrons. The Labute approximate surface area is 276 Å². The number of amides is 5. The van der Waals surface area contributed by atoms with Crippen molar-refractivity contribution < 1.29 is 33.1 Å². The topological polar surface area (TPSA) is 155 Å². The molecular formula is C34H35ClFN5O6. The summed E-state index contributed by atoms with van der Waals surface area (Å²) in [5.41, 5.74) is -0.109. The number of halogens is 2. The van der Waals surface area contributed by atoms with Crippen LogP contribution < -0.4 is 31.3 Å². The van der Waals surface area contributed by atoms with Crippen molar-refractivity contribution in [3.05, 3.63) is 100 Å². The summed E-state index contributed by atoms with van der Waals surface area (Å²) >= 11 is 6.10. The highest BCUT2D eigenvalue weighted by molar-refractivity contribution is 6.33. The quantitative estimate of drug-likeness (QED) is 0.270. The molecule has 5 amide bonds. The van der Waals surface area contributed by atoms with Gasteiger partial charge in [0, 0.05) is 12.8 Å². The first-order valence-electron chi connectivity index (χ1n) is 15.3. The number of fused-ring (bicyclic) bond motifs is 15. The van der Waals surface area contributed by atoms with Gasteiger partial charge in [-0.05, 0) is 55.2 Å². The SMILES string of the molecule is C[C@@H]1NC(=O)[C@@H](NC(=O)c2c(F)cccc2Cl)Cc2ccc(cc2)OCCNC(=O)C2(CC2)NC(=O)[C@@H](Cc2ccccc2)NC1=O. The van der Waals surface area contributed by atoms with E-state index in [1.165, 1.54) is 19.1 Å². The predicted octanol–water partition coefficient (Wildman–Crippen LogP) is 2.21. The highest BCUT2D eigenvalue weighted by atomic mass is 35.5. The number of ether oxygens (including phenoxy) is 1. The summed E-state index contributed by atoms with van der Waals surface area (Å²) in [6, 6.07) is 16.1. The fourth-order valence-corrected chi connectivity index (χ4v) is 5.46. The predicted molar refractivity (Wildman–Crippen MR) is 171 cm³/mol. The molecule has 11 nitrogen and oxygen atoms in total. The summed E-state index contributed by atoms with van der Waals surface area (Å²) in [7, 11) is 0. The van der Waals surface area contributed by atoms with Gasteiger partial charge in [-0.15, -0.1) is 0 Å². The summed E-state index contributed by atoms with van der Waals surface area (Å²) in [6.45, 7) is 1.78. The molecule has 0 unspecified atom stereocenters. The van der Waals surface area contributed by atoms with Crippen LogP contribution in [-0.2, 0) is 32.0 Å². The first kappa shape index (κ1) is 33.4. The maximum atomic E-state index is 14.5. The minimum atomic E-state index is -1.24. The molecule has 6 rings (SSSR count). The largest absolute Gasteiger partial charge is 0.492 e. The average Bonchev–Trinajstić information content (AvgIpc) is 3.83. The minimum Gasteiger partial charge on any atom is -0.492 e. The molecule has 2 bridgehead atoms. The molecule has 2 heterocycles. The van der Waals surface area contributed by atoms with Gasteiger partial charge in [0.25, 0.3) is 5.91 Å². The van der Waals surface area contributed by atoms with Crippen molar-refractivity contribution in [3.63, 3.8) is 0 Å². The second-order valence-corrected chi connectivity index (χ2v) is 12.0. The first-order chi connectivity index (χ1) is 22.5. The molecule has 13 heteroatoms. The number of carbonyl (C=O) groups excluding carboxylic acids is 5. The molecule has 1 aliphatic carbocycles. The Kier molecular flexibility index (Phi) is 10.4. The molecule has 3 aromatic rings. The van der Waals surface area contributed by atoms with Crippen LogP contribution in [0.5, 0.6) is 5.75 Å². The zero-order valence-corrected chi connectivity index (χ0v) is 26.4. The molecule has 0 aromatic heterocycles. The van der Waals surface area contributed by atoms with Gasteiger partial charge in [0.1, 0.15) is 41.8 Å². The third-order valence-corrected chi connectivity index (χ3v) is 8.36. The Morgan fingerprint density at radius 3 is 2.34 bits per heavy atom. The summed E-state index contributed by atoms with van der Waals surface area (Å²) in [6.07, 6.45) is 0.991. The van der Waals surface area contributed by atoms with Crippen LogP contribution in [0.25, 0.3) is 0 Å². The maximum Gasteiger partial charge on any atom is 0.256 e. The van der Waals surface area contributed by atoms with Gasteiger partial charge in [-0.25, -0.2) is 4.39 Å². The molecule has 0 saturated heterocycles. The standard InChI is InChI=1S/C34H35ClFN5O6/c1-20-29(42)39-27(18-21-6-3-2-4-7-21)31(44)41-34(14-15-34)33(46)37-16-17-47-23-12-10-22(11-13-23)19-26(30(43)38-20)40-32(45)28-24(35)8-5-9-25(28)36/h2-13,20,26-27H,14-19H2,1H3,(H,37,46)(H,38,43)(H,39,42)(H,40,45)(H,41,44)/t20-,26-,27+/m0/s1. The lowest BCUT2D eigenvalue weighted by Gasteiger charge is -2.25. The normalized spacial score (nSPS) is 21.8. The van der Waals surface area contributed by atoms with Crippen LogP contribution in [0.3, 0.4) is 0 Å². The molecule has 3 aliphatic rings. The van der Waals surface area contributed by atoms with Crippen LogP contribution >= 0.6 is 11.6 Å². The number of hydrogen-bond donors (Lipinski definition) is 5. The Hall–Kier alpha value is -4.97. The molecule has 1 fully saturated rings.